The van der Waals surface area contributed by atoms with Crippen LogP contribution >= 0.6 is 0 Å². The minimum absolute atomic E-state index is 0.296. The summed E-state index contributed by atoms with van der Waals surface area (Å²) in [6, 6.07) is 0. The zero-order chi connectivity index (χ0) is 9.19. The highest BCUT2D eigenvalue weighted by atomic mass is 16.3. The fourth-order valence-corrected chi connectivity index (χ4v) is 1.55. The number of rotatable bonds is 2. The van der Waals surface area contributed by atoms with Gasteiger partial charge in [0, 0.05) is 6.42 Å². The first-order chi connectivity index (χ1) is 5.63. The molecule has 4 heteroatoms. The van der Waals surface area contributed by atoms with Crippen LogP contribution in [-0.4, -0.2) is 17.1 Å². The van der Waals surface area contributed by atoms with Crippen molar-refractivity contribution in [1.29, 1.82) is 0 Å². The van der Waals surface area contributed by atoms with Crippen LogP contribution in [0.2, 0.25) is 0 Å². The number of carbonyl (C=O) groups excluding carboxylic acids is 2. The molecule has 0 heterocycles. The van der Waals surface area contributed by atoms with E-state index in [0.717, 1.165) is 12.8 Å². The SMILES string of the molecule is CC(=O)[C@]1(N=O)CCCCC1=O. The van der Waals surface area contributed by atoms with Gasteiger partial charge < -0.3 is 0 Å². The van der Waals surface area contributed by atoms with Crippen molar-refractivity contribution in [3.8, 4) is 0 Å². The van der Waals surface area contributed by atoms with Crippen LogP contribution in [0.1, 0.15) is 32.6 Å². The van der Waals surface area contributed by atoms with Crippen LogP contribution < -0.4 is 0 Å². The summed E-state index contributed by atoms with van der Waals surface area (Å²) in [5.74, 6) is -0.724. The van der Waals surface area contributed by atoms with Crippen molar-refractivity contribution in [3.63, 3.8) is 0 Å². The molecule has 4 nitrogen and oxygen atoms in total. The smallest absolute Gasteiger partial charge is 0.217 e. The van der Waals surface area contributed by atoms with E-state index < -0.39 is 11.3 Å². The van der Waals surface area contributed by atoms with Gasteiger partial charge in [0.05, 0.1) is 0 Å². The first-order valence-corrected chi connectivity index (χ1v) is 4.02. The van der Waals surface area contributed by atoms with Gasteiger partial charge in [-0.3, -0.25) is 9.59 Å². The van der Waals surface area contributed by atoms with Crippen molar-refractivity contribution >= 4 is 11.6 Å². The Morgan fingerprint density at radius 1 is 1.50 bits per heavy atom. The minimum Gasteiger partial charge on any atom is -0.297 e. The topological polar surface area (TPSA) is 63.6 Å². The normalized spacial score (nSPS) is 29.9. The number of hydrogen-bond acceptors (Lipinski definition) is 4. The van der Waals surface area contributed by atoms with Gasteiger partial charge in [-0.05, 0) is 31.4 Å². The molecular weight excluding hydrogens is 158 g/mol. The van der Waals surface area contributed by atoms with Crippen molar-refractivity contribution in [3.05, 3.63) is 4.91 Å². The van der Waals surface area contributed by atoms with Gasteiger partial charge in [-0.15, -0.1) is 4.91 Å². The van der Waals surface area contributed by atoms with Gasteiger partial charge in [0.15, 0.2) is 11.6 Å². The van der Waals surface area contributed by atoms with Crippen LogP contribution in [0.4, 0.5) is 0 Å². The van der Waals surface area contributed by atoms with E-state index in [0.29, 0.717) is 12.8 Å². The molecule has 1 aliphatic rings. The van der Waals surface area contributed by atoms with E-state index in [1.807, 2.05) is 0 Å². The second-order valence-corrected chi connectivity index (χ2v) is 3.14. The molecule has 12 heavy (non-hydrogen) atoms. The quantitative estimate of drug-likeness (QED) is 0.461. The molecular formula is C8H11NO3. The number of Topliss-reactive ketones (excluding diaryl/α,β-unsaturated/α-hetero) is 2. The average Bonchev–Trinajstić information content (AvgIpc) is 2.05. The molecule has 1 fully saturated rings. The van der Waals surface area contributed by atoms with Crippen molar-refractivity contribution in [2.24, 2.45) is 5.18 Å². The molecule has 1 atom stereocenters. The molecule has 0 spiro atoms. The number of carbonyl (C=O) groups is 2. The fourth-order valence-electron chi connectivity index (χ4n) is 1.55. The third-order valence-corrected chi connectivity index (χ3v) is 2.39. The Labute approximate surface area is 70.3 Å². The maximum atomic E-state index is 11.3. The van der Waals surface area contributed by atoms with Gasteiger partial charge in [0.25, 0.3) is 0 Å². The number of nitrogens with zero attached hydrogens (tertiary/aromatic N) is 1. The molecule has 1 aliphatic carbocycles. The summed E-state index contributed by atoms with van der Waals surface area (Å²) in [5.41, 5.74) is -1.53. The molecule has 0 aromatic heterocycles. The maximum absolute atomic E-state index is 11.3. The second-order valence-electron chi connectivity index (χ2n) is 3.14. The van der Waals surface area contributed by atoms with Gasteiger partial charge in [-0.2, -0.15) is 0 Å². The Hall–Kier alpha value is -1.06. The lowest BCUT2D eigenvalue weighted by Gasteiger charge is -2.25. The summed E-state index contributed by atoms with van der Waals surface area (Å²) >= 11 is 0. The van der Waals surface area contributed by atoms with Crippen LogP contribution in [0.5, 0.6) is 0 Å². The average molecular weight is 169 g/mol. The molecule has 0 unspecified atom stereocenters. The molecule has 66 valence electrons. The van der Waals surface area contributed by atoms with E-state index in [1.165, 1.54) is 6.92 Å². The third kappa shape index (κ3) is 1.17. The van der Waals surface area contributed by atoms with E-state index in [2.05, 4.69) is 5.18 Å². The van der Waals surface area contributed by atoms with Crippen LogP contribution in [0, 0.1) is 4.91 Å². The van der Waals surface area contributed by atoms with E-state index >= 15 is 0 Å². The van der Waals surface area contributed by atoms with E-state index in [-0.39, 0.29) is 5.78 Å². The first-order valence-electron chi connectivity index (χ1n) is 4.02. The highest BCUT2D eigenvalue weighted by Crippen LogP contribution is 2.29. The lowest BCUT2D eigenvalue weighted by atomic mass is 9.79. The standard InChI is InChI=1S/C8H11NO3/c1-6(10)8(9-12)5-3-2-4-7(8)11/h2-5H2,1H3/t8-/m1/s1. The fraction of sp³-hybridized carbons (Fsp3) is 0.750. The maximum Gasteiger partial charge on any atom is 0.217 e. The first kappa shape index (κ1) is 9.03. The zero-order valence-electron chi connectivity index (χ0n) is 7.00. The van der Waals surface area contributed by atoms with E-state index in [9.17, 15) is 14.5 Å². The predicted octanol–water partition coefficient (Wildman–Crippen LogP) is 1.22. The molecule has 0 aliphatic heterocycles. The molecule has 0 bridgehead atoms. The van der Waals surface area contributed by atoms with Gasteiger partial charge in [-0.25, -0.2) is 0 Å². The largest absolute Gasteiger partial charge is 0.297 e. The van der Waals surface area contributed by atoms with Gasteiger partial charge in [0.1, 0.15) is 0 Å². The van der Waals surface area contributed by atoms with Crippen molar-refractivity contribution in [2.45, 2.75) is 38.1 Å². The van der Waals surface area contributed by atoms with Crippen molar-refractivity contribution in [2.75, 3.05) is 0 Å². The van der Waals surface area contributed by atoms with Gasteiger partial charge in [-0.1, -0.05) is 0 Å². The Bertz CT molecular complexity index is 236. The Kier molecular flexibility index (Phi) is 2.35. The summed E-state index contributed by atoms with van der Waals surface area (Å²) in [7, 11) is 0. The summed E-state index contributed by atoms with van der Waals surface area (Å²) in [6.07, 6.45) is 2.11. The number of ketones is 2. The molecule has 0 radical (unpaired) electrons. The lowest BCUT2D eigenvalue weighted by Crippen LogP contribution is -2.45. The van der Waals surface area contributed by atoms with E-state index in [1.54, 1.807) is 0 Å². The van der Waals surface area contributed by atoms with Crippen molar-refractivity contribution < 1.29 is 9.59 Å². The Morgan fingerprint density at radius 2 is 2.17 bits per heavy atom. The number of hydrogen-bond donors (Lipinski definition) is 0. The summed E-state index contributed by atoms with van der Waals surface area (Å²) < 4.78 is 0. The number of nitroso groups, excluding NO2 is 1. The highest BCUT2D eigenvalue weighted by molar-refractivity contribution is 6.11. The van der Waals surface area contributed by atoms with Crippen LogP contribution in [-0.2, 0) is 9.59 Å². The highest BCUT2D eigenvalue weighted by Gasteiger charge is 2.45. The molecule has 0 N–H and O–H groups in total. The van der Waals surface area contributed by atoms with Gasteiger partial charge in [0.2, 0.25) is 5.54 Å². The van der Waals surface area contributed by atoms with Crippen LogP contribution in [0.15, 0.2) is 5.18 Å². The molecule has 0 aromatic rings. The third-order valence-electron chi connectivity index (χ3n) is 2.39. The zero-order valence-corrected chi connectivity index (χ0v) is 7.00. The monoisotopic (exact) mass is 169 g/mol. The molecule has 0 aromatic carbocycles. The van der Waals surface area contributed by atoms with Crippen molar-refractivity contribution in [1.82, 2.24) is 0 Å². The predicted molar refractivity (Wildman–Crippen MR) is 42.7 cm³/mol. The molecule has 1 rings (SSSR count). The van der Waals surface area contributed by atoms with Crippen LogP contribution in [0.3, 0.4) is 0 Å². The minimum atomic E-state index is -1.53. The Balaban J connectivity index is 2.96. The van der Waals surface area contributed by atoms with E-state index in [4.69, 9.17) is 0 Å². The van der Waals surface area contributed by atoms with Gasteiger partial charge >= 0.3 is 0 Å². The lowest BCUT2D eigenvalue weighted by molar-refractivity contribution is -0.135. The summed E-state index contributed by atoms with van der Waals surface area (Å²) in [4.78, 5) is 32.8. The molecule has 1 saturated carbocycles. The summed E-state index contributed by atoms with van der Waals surface area (Å²) in [5, 5.41) is 2.71. The summed E-state index contributed by atoms with van der Waals surface area (Å²) in [6.45, 7) is 1.25. The molecule has 0 saturated heterocycles. The molecule has 0 amide bonds. The second kappa shape index (κ2) is 3.13. The Morgan fingerprint density at radius 3 is 2.50 bits per heavy atom. The van der Waals surface area contributed by atoms with Crippen LogP contribution in [0.25, 0.3) is 0 Å².